The number of nitrogens with zero attached hydrogens (tertiary/aromatic N) is 2. The molecular formula is C18H27N3O3. The van der Waals surface area contributed by atoms with Gasteiger partial charge in [-0.15, -0.1) is 5.10 Å². The molecule has 2 rings (SSSR count). The molecule has 0 spiro atoms. The number of aromatic nitrogens is 2. The molecule has 0 aliphatic rings. The molecule has 0 saturated carbocycles. The number of benzene rings is 1. The topological polar surface area (TPSA) is 79.4 Å². The largest absolute Gasteiger partial charge is 0.460 e. The Hall–Kier alpha value is -2.08. The average molecular weight is 333 g/mol. The lowest BCUT2D eigenvalue weighted by Gasteiger charge is -2.21. The maximum Gasteiger partial charge on any atom is 0.261 e. The summed E-state index contributed by atoms with van der Waals surface area (Å²) in [5, 5.41) is 5.44. The van der Waals surface area contributed by atoms with Gasteiger partial charge in [-0.3, -0.25) is 9.48 Å². The van der Waals surface area contributed by atoms with Crippen molar-refractivity contribution in [1.29, 1.82) is 0 Å². The average Bonchev–Trinajstić information content (AvgIpc) is 2.82. The Morgan fingerprint density at radius 1 is 1.38 bits per heavy atom. The maximum atomic E-state index is 11.6. The lowest BCUT2D eigenvalue weighted by Crippen LogP contribution is -2.43. The highest BCUT2D eigenvalue weighted by molar-refractivity contribution is 5.87. The van der Waals surface area contributed by atoms with Gasteiger partial charge in [0.25, 0.3) is 5.91 Å². The summed E-state index contributed by atoms with van der Waals surface area (Å²) in [6.45, 7) is 8.94. The van der Waals surface area contributed by atoms with Gasteiger partial charge in [-0.1, -0.05) is 19.9 Å². The van der Waals surface area contributed by atoms with Gasteiger partial charge < -0.3 is 15.2 Å². The fraction of sp³-hybridized carbons (Fsp3) is 0.556. The van der Waals surface area contributed by atoms with Crippen molar-refractivity contribution in [2.45, 2.75) is 52.9 Å². The molecule has 0 aliphatic heterocycles. The Bertz CT molecular complexity index is 720. The van der Waals surface area contributed by atoms with E-state index in [2.05, 4.69) is 18.9 Å². The Morgan fingerprint density at radius 3 is 2.67 bits per heavy atom. The smallest absolute Gasteiger partial charge is 0.261 e. The van der Waals surface area contributed by atoms with Crippen molar-refractivity contribution in [2.75, 3.05) is 7.11 Å². The number of fused-ring (bicyclic) bond motifs is 1. The molecule has 132 valence electrons. The molecule has 6 nitrogen and oxygen atoms in total. The zero-order valence-electron chi connectivity index (χ0n) is 15.1. The van der Waals surface area contributed by atoms with Gasteiger partial charge >= 0.3 is 0 Å². The standard InChI is InChI=1S/C18H27N3O3/c1-12(2)8-9-21-15-7-6-13(11-23-5)10-14(15)16(20-21)24-18(3,4)17(19)22/h6-7,10,12H,8-9,11H2,1-5H3,(H2,19,22). The first-order valence-corrected chi connectivity index (χ1v) is 8.22. The van der Waals surface area contributed by atoms with Gasteiger partial charge in [-0.25, -0.2) is 0 Å². The van der Waals surface area contributed by atoms with Crippen LogP contribution in [0.1, 0.15) is 39.7 Å². The number of rotatable bonds is 8. The van der Waals surface area contributed by atoms with Crippen LogP contribution in [0.2, 0.25) is 0 Å². The lowest BCUT2D eigenvalue weighted by molar-refractivity contribution is -0.130. The molecule has 6 heteroatoms. The van der Waals surface area contributed by atoms with Gasteiger partial charge in [0.2, 0.25) is 5.88 Å². The number of hydrogen-bond acceptors (Lipinski definition) is 4. The quantitative estimate of drug-likeness (QED) is 0.805. The van der Waals surface area contributed by atoms with Crippen LogP contribution in [0.15, 0.2) is 18.2 Å². The minimum Gasteiger partial charge on any atom is -0.460 e. The zero-order valence-corrected chi connectivity index (χ0v) is 15.1. The molecule has 2 N–H and O–H groups in total. The SMILES string of the molecule is COCc1ccc2c(c1)c(OC(C)(C)C(N)=O)nn2CCC(C)C. The van der Waals surface area contributed by atoms with E-state index in [0.717, 1.165) is 29.4 Å². The molecule has 0 aliphatic carbocycles. The van der Waals surface area contributed by atoms with Crippen molar-refractivity contribution in [3.63, 3.8) is 0 Å². The molecule has 1 aromatic carbocycles. The molecule has 0 radical (unpaired) electrons. The Kier molecular flexibility index (Phi) is 5.49. The summed E-state index contributed by atoms with van der Waals surface area (Å²) in [5.74, 6) is 0.472. The summed E-state index contributed by atoms with van der Waals surface area (Å²) in [6, 6.07) is 6.02. The second-order valence-corrected chi connectivity index (χ2v) is 6.97. The van der Waals surface area contributed by atoms with Crippen LogP contribution in [-0.2, 0) is 22.7 Å². The van der Waals surface area contributed by atoms with E-state index in [-0.39, 0.29) is 0 Å². The zero-order chi connectivity index (χ0) is 17.9. The molecule has 1 heterocycles. The predicted octanol–water partition coefficient (Wildman–Crippen LogP) is 2.87. The van der Waals surface area contributed by atoms with E-state index in [1.807, 2.05) is 22.9 Å². The second kappa shape index (κ2) is 7.21. The molecule has 0 saturated heterocycles. The molecule has 0 atom stereocenters. The van der Waals surface area contributed by atoms with Crippen molar-refractivity contribution < 1.29 is 14.3 Å². The number of aryl methyl sites for hydroxylation is 1. The van der Waals surface area contributed by atoms with Crippen molar-refractivity contribution in [3.8, 4) is 5.88 Å². The van der Waals surface area contributed by atoms with Crippen LogP contribution >= 0.6 is 0 Å². The first-order valence-electron chi connectivity index (χ1n) is 8.22. The number of hydrogen-bond donors (Lipinski definition) is 1. The van der Waals surface area contributed by atoms with E-state index < -0.39 is 11.5 Å². The van der Waals surface area contributed by atoms with E-state index in [9.17, 15) is 4.79 Å². The Labute approximate surface area is 142 Å². The third-order valence-corrected chi connectivity index (χ3v) is 3.96. The monoisotopic (exact) mass is 333 g/mol. The number of carbonyl (C=O) groups excluding carboxylic acids is 1. The minimum absolute atomic E-state index is 0.426. The number of carbonyl (C=O) groups is 1. The summed E-state index contributed by atoms with van der Waals surface area (Å²) in [5.41, 5.74) is 6.30. The number of methoxy groups -OCH3 is 1. The van der Waals surface area contributed by atoms with Crippen molar-refractivity contribution in [3.05, 3.63) is 23.8 Å². The third kappa shape index (κ3) is 4.06. The van der Waals surface area contributed by atoms with E-state index >= 15 is 0 Å². The summed E-state index contributed by atoms with van der Waals surface area (Å²) in [4.78, 5) is 11.6. The number of amides is 1. The Balaban J connectivity index is 2.46. The first kappa shape index (κ1) is 18.3. The van der Waals surface area contributed by atoms with Crippen LogP contribution in [0.25, 0.3) is 10.9 Å². The van der Waals surface area contributed by atoms with E-state index in [1.54, 1.807) is 21.0 Å². The van der Waals surface area contributed by atoms with Crippen LogP contribution in [-0.4, -0.2) is 28.4 Å². The normalized spacial score (nSPS) is 12.1. The highest BCUT2D eigenvalue weighted by Crippen LogP contribution is 2.29. The van der Waals surface area contributed by atoms with Crippen molar-refractivity contribution in [2.24, 2.45) is 11.7 Å². The number of primary amides is 1. The molecule has 24 heavy (non-hydrogen) atoms. The number of ether oxygens (including phenoxy) is 2. The Morgan fingerprint density at radius 2 is 2.08 bits per heavy atom. The van der Waals surface area contributed by atoms with Crippen LogP contribution in [0.5, 0.6) is 5.88 Å². The van der Waals surface area contributed by atoms with Crippen molar-refractivity contribution >= 4 is 16.8 Å². The van der Waals surface area contributed by atoms with E-state index in [0.29, 0.717) is 18.4 Å². The minimum atomic E-state index is -1.12. The summed E-state index contributed by atoms with van der Waals surface area (Å²) in [7, 11) is 1.66. The van der Waals surface area contributed by atoms with E-state index in [1.165, 1.54) is 0 Å². The van der Waals surface area contributed by atoms with Crippen LogP contribution in [0.3, 0.4) is 0 Å². The predicted molar refractivity (Wildman–Crippen MR) is 93.8 cm³/mol. The van der Waals surface area contributed by atoms with Gasteiger partial charge in [0, 0.05) is 13.7 Å². The van der Waals surface area contributed by atoms with Crippen LogP contribution in [0.4, 0.5) is 0 Å². The van der Waals surface area contributed by atoms with Gasteiger partial charge in [-0.05, 0) is 43.9 Å². The first-order chi connectivity index (χ1) is 11.2. The second-order valence-electron chi connectivity index (χ2n) is 6.97. The van der Waals surface area contributed by atoms with Gasteiger partial charge in [0.05, 0.1) is 17.5 Å². The van der Waals surface area contributed by atoms with Gasteiger partial charge in [-0.2, -0.15) is 0 Å². The summed E-state index contributed by atoms with van der Waals surface area (Å²) >= 11 is 0. The molecule has 2 aromatic rings. The lowest BCUT2D eigenvalue weighted by atomic mass is 10.1. The summed E-state index contributed by atoms with van der Waals surface area (Å²) < 4.78 is 13.0. The highest BCUT2D eigenvalue weighted by Gasteiger charge is 2.29. The fourth-order valence-corrected chi connectivity index (χ4v) is 2.37. The fourth-order valence-electron chi connectivity index (χ4n) is 2.37. The molecule has 0 bridgehead atoms. The molecular weight excluding hydrogens is 306 g/mol. The van der Waals surface area contributed by atoms with Gasteiger partial charge in [0.15, 0.2) is 5.60 Å². The van der Waals surface area contributed by atoms with Crippen molar-refractivity contribution in [1.82, 2.24) is 9.78 Å². The third-order valence-electron chi connectivity index (χ3n) is 3.96. The molecule has 1 aromatic heterocycles. The van der Waals surface area contributed by atoms with E-state index in [4.69, 9.17) is 15.2 Å². The molecule has 0 unspecified atom stereocenters. The maximum absolute atomic E-state index is 11.6. The van der Waals surface area contributed by atoms with Crippen LogP contribution < -0.4 is 10.5 Å². The number of nitrogens with two attached hydrogens (primary N) is 1. The molecule has 0 fully saturated rings. The summed E-state index contributed by atoms with van der Waals surface area (Å²) in [6.07, 6.45) is 1.01. The van der Waals surface area contributed by atoms with Crippen LogP contribution in [0, 0.1) is 5.92 Å². The van der Waals surface area contributed by atoms with Gasteiger partial charge in [0.1, 0.15) is 0 Å². The highest BCUT2D eigenvalue weighted by atomic mass is 16.5. The molecule has 1 amide bonds.